The van der Waals surface area contributed by atoms with E-state index in [4.69, 9.17) is 20.6 Å². The molecule has 2 aromatic rings. The van der Waals surface area contributed by atoms with Crippen LogP contribution < -0.4 is 0 Å². The third-order valence-electron chi connectivity index (χ3n) is 3.94. The maximum atomic E-state index is 12.5. The first-order chi connectivity index (χ1) is 10.6. The monoisotopic (exact) mass is 324 g/mol. The van der Waals surface area contributed by atoms with Crippen LogP contribution in [0.5, 0.6) is 0 Å². The standard InChI is InChI=1S/C14H17ClN4O3/c1-8-10(13(15)22-17-8)5-6-12(20)19-7-3-4-11(19)14-16-9(2)21-18-14/h11H,3-7H2,1-2H3/t11-/m1/s1. The number of carbonyl (C=O) groups excluding carboxylic acids is 1. The number of aromatic nitrogens is 3. The minimum atomic E-state index is -0.0935. The predicted molar refractivity (Wildman–Crippen MR) is 77.3 cm³/mol. The second-order valence-corrected chi connectivity index (χ2v) is 5.78. The van der Waals surface area contributed by atoms with Crippen LogP contribution in [-0.4, -0.2) is 32.6 Å². The lowest BCUT2D eigenvalue weighted by Crippen LogP contribution is -2.31. The first-order valence-corrected chi connectivity index (χ1v) is 7.64. The molecule has 0 unspecified atom stereocenters. The number of amides is 1. The van der Waals surface area contributed by atoms with Gasteiger partial charge in [-0.1, -0.05) is 10.3 Å². The number of likely N-dealkylation sites (tertiary alicyclic amines) is 1. The van der Waals surface area contributed by atoms with E-state index in [-0.39, 0.29) is 17.2 Å². The van der Waals surface area contributed by atoms with Gasteiger partial charge >= 0.3 is 0 Å². The summed E-state index contributed by atoms with van der Waals surface area (Å²) >= 11 is 5.93. The van der Waals surface area contributed by atoms with Crippen LogP contribution in [0.2, 0.25) is 5.22 Å². The molecular formula is C14H17ClN4O3. The molecule has 1 saturated heterocycles. The van der Waals surface area contributed by atoms with Gasteiger partial charge in [-0.3, -0.25) is 4.79 Å². The van der Waals surface area contributed by atoms with Crippen LogP contribution >= 0.6 is 11.6 Å². The summed E-state index contributed by atoms with van der Waals surface area (Å²) in [6, 6.07) is -0.0935. The van der Waals surface area contributed by atoms with Gasteiger partial charge in [0.1, 0.15) is 0 Å². The van der Waals surface area contributed by atoms with Crippen molar-refractivity contribution in [2.45, 2.75) is 45.6 Å². The summed E-state index contributed by atoms with van der Waals surface area (Å²) in [5, 5.41) is 8.00. The van der Waals surface area contributed by atoms with Crippen LogP contribution in [-0.2, 0) is 11.2 Å². The summed E-state index contributed by atoms with van der Waals surface area (Å²) in [5.74, 6) is 1.16. The number of carbonyl (C=O) groups is 1. The highest BCUT2D eigenvalue weighted by Crippen LogP contribution is 2.31. The van der Waals surface area contributed by atoms with Gasteiger partial charge in [0.25, 0.3) is 0 Å². The molecule has 0 N–H and O–H groups in total. The van der Waals surface area contributed by atoms with Gasteiger partial charge in [0.15, 0.2) is 5.82 Å². The molecule has 1 aliphatic rings. The Labute approximate surface area is 132 Å². The van der Waals surface area contributed by atoms with Gasteiger partial charge in [0.2, 0.25) is 17.0 Å². The van der Waals surface area contributed by atoms with Crippen molar-refractivity contribution >= 4 is 17.5 Å². The lowest BCUT2D eigenvalue weighted by molar-refractivity contribution is -0.132. The normalized spacial score (nSPS) is 18.1. The van der Waals surface area contributed by atoms with Gasteiger partial charge in [-0.25, -0.2) is 0 Å². The molecule has 3 heterocycles. The summed E-state index contributed by atoms with van der Waals surface area (Å²) in [4.78, 5) is 18.6. The minimum absolute atomic E-state index is 0.0571. The molecule has 0 bridgehead atoms. The topological polar surface area (TPSA) is 85.3 Å². The molecule has 0 spiro atoms. The zero-order valence-corrected chi connectivity index (χ0v) is 13.3. The number of nitrogens with zero attached hydrogens (tertiary/aromatic N) is 4. The molecule has 0 radical (unpaired) electrons. The quantitative estimate of drug-likeness (QED) is 0.859. The van der Waals surface area contributed by atoms with E-state index in [1.54, 1.807) is 6.92 Å². The van der Waals surface area contributed by atoms with E-state index in [1.807, 2.05) is 11.8 Å². The maximum absolute atomic E-state index is 12.5. The Kier molecular flexibility index (Phi) is 4.15. The molecule has 0 saturated carbocycles. The highest BCUT2D eigenvalue weighted by atomic mass is 35.5. The van der Waals surface area contributed by atoms with Crippen molar-refractivity contribution < 1.29 is 13.8 Å². The first kappa shape index (κ1) is 15.0. The Hall–Kier alpha value is -1.89. The molecule has 7 nitrogen and oxygen atoms in total. The van der Waals surface area contributed by atoms with Crippen LogP contribution in [0.3, 0.4) is 0 Å². The molecule has 3 rings (SSSR count). The maximum Gasteiger partial charge on any atom is 0.229 e. The highest BCUT2D eigenvalue weighted by molar-refractivity contribution is 6.29. The van der Waals surface area contributed by atoms with Gasteiger partial charge in [-0.05, 0) is 37.8 Å². The molecule has 1 aliphatic heterocycles. The van der Waals surface area contributed by atoms with Crippen molar-refractivity contribution in [3.8, 4) is 0 Å². The average molecular weight is 325 g/mol. The van der Waals surface area contributed by atoms with E-state index in [0.29, 0.717) is 31.1 Å². The molecular weight excluding hydrogens is 308 g/mol. The fourth-order valence-corrected chi connectivity index (χ4v) is 3.07. The lowest BCUT2D eigenvalue weighted by Gasteiger charge is -2.22. The Morgan fingerprint density at radius 1 is 1.36 bits per heavy atom. The van der Waals surface area contributed by atoms with E-state index in [2.05, 4.69) is 15.3 Å². The van der Waals surface area contributed by atoms with E-state index in [9.17, 15) is 4.79 Å². The summed E-state index contributed by atoms with van der Waals surface area (Å²) in [7, 11) is 0. The number of aryl methyl sites for hydroxylation is 2. The molecule has 0 aromatic carbocycles. The second kappa shape index (κ2) is 6.08. The fourth-order valence-electron chi connectivity index (χ4n) is 2.80. The van der Waals surface area contributed by atoms with Crippen LogP contribution in [0.4, 0.5) is 0 Å². The summed E-state index contributed by atoms with van der Waals surface area (Å²) < 4.78 is 9.92. The van der Waals surface area contributed by atoms with E-state index < -0.39 is 0 Å². The van der Waals surface area contributed by atoms with Gasteiger partial charge in [-0.15, -0.1) is 0 Å². The highest BCUT2D eigenvalue weighted by Gasteiger charge is 2.33. The van der Waals surface area contributed by atoms with Crippen molar-refractivity contribution in [2.24, 2.45) is 0 Å². The molecule has 22 heavy (non-hydrogen) atoms. The van der Waals surface area contributed by atoms with Gasteiger partial charge in [0, 0.05) is 25.5 Å². The van der Waals surface area contributed by atoms with Crippen molar-refractivity contribution in [3.63, 3.8) is 0 Å². The average Bonchev–Trinajstić information content (AvgIpc) is 3.18. The molecule has 1 atom stereocenters. The Bertz CT molecular complexity index is 662. The third-order valence-corrected chi connectivity index (χ3v) is 4.24. The van der Waals surface area contributed by atoms with Gasteiger partial charge in [-0.2, -0.15) is 4.98 Å². The fraction of sp³-hybridized carbons (Fsp3) is 0.571. The molecule has 118 valence electrons. The minimum Gasteiger partial charge on any atom is -0.344 e. The summed E-state index contributed by atoms with van der Waals surface area (Å²) in [6.45, 7) is 4.28. The molecule has 1 fully saturated rings. The Balaban J connectivity index is 1.66. The Morgan fingerprint density at radius 3 is 2.82 bits per heavy atom. The van der Waals surface area contributed by atoms with Crippen LogP contribution in [0.25, 0.3) is 0 Å². The summed E-state index contributed by atoms with van der Waals surface area (Å²) in [6.07, 6.45) is 2.67. The number of halogens is 1. The molecule has 1 amide bonds. The zero-order valence-electron chi connectivity index (χ0n) is 12.5. The van der Waals surface area contributed by atoms with Crippen molar-refractivity contribution in [1.29, 1.82) is 0 Å². The molecule has 2 aromatic heterocycles. The zero-order chi connectivity index (χ0) is 15.7. The van der Waals surface area contributed by atoms with E-state index >= 15 is 0 Å². The molecule has 8 heteroatoms. The SMILES string of the molecule is Cc1nc([C@H]2CCCN2C(=O)CCc2c(C)noc2Cl)no1. The molecule has 0 aliphatic carbocycles. The first-order valence-electron chi connectivity index (χ1n) is 7.26. The number of hydrogen-bond acceptors (Lipinski definition) is 6. The van der Waals surface area contributed by atoms with Crippen molar-refractivity contribution in [1.82, 2.24) is 20.2 Å². The Morgan fingerprint density at radius 2 is 2.18 bits per heavy atom. The number of rotatable bonds is 4. The summed E-state index contributed by atoms with van der Waals surface area (Å²) in [5.41, 5.74) is 1.52. The largest absolute Gasteiger partial charge is 0.344 e. The number of hydrogen-bond donors (Lipinski definition) is 0. The van der Waals surface area contributed by atoms with Crippen molar-refractivity contribution in [2.75, 3.05) is 6.54 Å². The van der Waals surface area contributed by atoms with E-state index in [1.165, 1.54) is 0 Å². The van der Waals surface area contributed by atoms with Crippen LogP contribution in [0.15, 0.2) is 9.05 Å². The van der Waals surface area contributed by atoms with E-state index in [0.717, 1.165) is 24.1 Å². The van der Waals surface area contributed by atoms with Crippen LogP contribution in [0, 0.1) is 13.8 Å². The smallest absolute Gasteiger partial charge is 0.229 e. The predicted octanol–water partition coefficient (Wildman–Crippen LogP) is 2.62. The van der Waals surface area contributed by atoms with Gasteiger partial charge in [0.05, 0.1) is 11.7 Å². The van der Waals surface area contributed by atoms with Gasteiger partial charge < -0.3 is 13.9 Å². The second-order valence-electron chi connectivity index (χ2n) is 5.44. The van der Waals surface area contributed by atoms with Crippen molar-refractivity contribution in [3.05, 3.63) is 28.2 Å². The van der Waals surface area contributed by atoms with Crippen LogP contribution in [0.1, 0.15) is 48.3 Å². The third kappa shape index (κ3) is 2.85. The lowest BCUT2D eigenvalue weighted by atomic mass is 10.1.